The maximum absolute atomic E-state index is 13.1. The zero-order chi connectivity index (χ0) is 20.9. The van der Waals surface area contributed by atoms with E-state index in [1.165, 1.54) is 0 Å². The number of amides is 2. The second kappa shape index (κ2) is 12.7. The molecular weight excluding hydrogens is 364 g/mol. The Kier molecular flexibility index (Phi) is 9.93. The van der Waals surface area contributed by atoms with Crippen molar-refractivity contribution in [2.45, 2.75) is 45.7 Å². The molecule has 5 nitrogen and oxygen atoms in total. The molecule has 2 amide bonds. The van der Waals surface area contributed by atoms with Crippen molar-refractivity contribution in [1.82, 2.24) is 10.2 Å². The standard InChI is InChI=1S/C24H32N2O3/c1-3-23(27)26(19-21-14-9-6-10-15-21)22(18-20-12-7-5-8-13-20)24(28)25-16-11-17-29-4-2/h5-10,12-15,22H,3-4,11,16-19H2,1-2H3,(H,25,28). The van der Waals surface area contributed by atoms with Gasteiger partial charge in [0.25, 0.3) is 0 Å². The molecule has 0 aromatic heterocycles. The van der Waals surface area contributed by atoms with Crippen molar-refractivity contribution in [2.75, 3.05) is 19.8 Å². The molecule has 0 radical (unpaired) electrons. The Labute approximate surface area is 174 Å². The number of carbonyl (C=O) groups is 2. The average molecular weight is 397 g/mol. The van der Waals surface area contributed by atoms with Crippen LogP contribution in [0, 0.1) is 0 Å². The molecule has 0 spiro atoms. The van der Waals surface area contributed by atoms with Gasteiger partial charge in [0, 0.05) is 39.1 Å². The molecule has 0 bridgehead atoms. The molecule has 0 aliphatic carbocycles. The molecule has 2 aromatic carbocycles. The zero-order valence-corrected chi connectivity index (χ0v) is 17.5. The van der Waals surface area contributed by atoms with Gasteiger partial charge in [-0.25, -0.2) is 0 Å². The monoisotopic (exact) mass is 396 g/mol. The topological polar surface area (TPSA) is 58.6 Å². The number of rotatable bonds is 12. The second-order valence-corrected chi connectivity index (χ2v) is 6.91. The van der Waals surface area contributed by atoms with Crippen molar-refractivity contribution in [2.24, 2.45) is 0 Å². The minimum Gasteiger partial charge on any atom is -0.382 e. The number of hydrogen-bond donors (Lipinski definition) is 1. The Morgan fingerprint density at radius 3 is 2.17 bits per heavy atom. The Balaban J connectivity index is 2.18. The van der Waals surface area contributed by atoms with Crippen LogP contribution >= 0.6 is 0 Å². The molecule has 0 saturated heterocycles. The van der Waals surface area contributed by atoms with Gasteiger partial charge in [0.2, 0.25) is 11.8 Å². The van der Waals surface area contributed by atoms with E-state index in [1.807, 2.05) is 74.5 Å². The van der Waals surface area contributed by atoms with Crippen LogP contribution in [0.15, 0.2) is 60.7 Å². The van der Waals surface area contributed by atoms with Crippen LogP contribution in [0.2, 0.25) is 0 Å². The number of ether oxygens (including phenoxy) is 1. The van der Waals surface area contributed by atoms with Crippen LogP contribution in [0.4, 0.5) is 0 Å². The van der Waals surface area contributed by atoms with Crippen LogP contribution in [-0.4, -0.2) is 42.5 Å². The highest BCUT2D eigenvalue weighted by Crippen LogP contribution is 2.15. The van der Waals surface area contributed by atoms with Gasteiger partial charge in [-0.15, -0.1) is 0 Å². The molecule has 156 valence electrons. The number of carbonyl (C=O) groups excluding carboxylic acids is 2. The lowest BCUT2D eigenvalue weighted by Gasteiger charge is -2.31. The lowest BCUT2D eigenvalue weighted by atomic mass is 10.0. The molecule has 0 aliphatic rings. The zero-order valence-electron chi connectivity index (χ0n) is 17.5. The van der Waals surface area contributed by atoms with Crippen LogP contribution in [-0.2, 0) is 27.3 Å². The summed E-state index contributed by atoms with van der Waals surface area (Å²) in [7, 11) is 0. The Morgan fingerprint density at radius 2 is 1.59 bits per heavy atom. The van der Waals surface area contributed by atoms with Gasteiger partial charge in [-0.1, -0.05) is 67.6 Å². The van der Waals surface area contributed by atoms with Crippen molar-refractivity contribution in [3.05, 3.63) is 71.8 Å². The Bertz CT molecular complexity index is 734. The quantitative estimate of drug-likeness (QED) is 0.558. The first-order valence-corrected chi connectivity index (χ1v) is 10.4. The Hall–Kier alpha value is -2.66. The van der Waals surface area contributed by atoms with Crippen molar-refractivity contribution in [3.8, 4) is 0 Å². The third kappa shape index (κ3) is 7.70. The molecule has 0 saturated carbocycles. The van der Waals surface area contributed by atoms with E-state index >= 15 is 0 Å². The van der Waals surface area contributed by atoms with Crippen molar-refractivity contribution < 1.29 is 14.3 Å². The van der Waals surface area contributed by atoms with Crippen LogP contribution in [0.5, 0.6) is 0 Å². The summed E-state index contributed by atoms with van der Waals surface area (Å²) >= 11 is 0. The van der Waals surface area contributed by atoms with E-state index in [4.69, 9.17) is 4.74 Å². The molecule has 0 aliphatic heterocycles. The fraction of sp³-hybridized carbons (Fsp3) is 0.417. The average Bonchev–Trinajstić information content (AvgIpc) is 2.76. The molecule has 2 rings (SSSR count). The first-order chi connectivity index (χ1) is 14.2. The molecular formula is C24H32N2O3. The molecule has 1 atom stereocenters. The number of hydrogen-bond acceptors (Lipinski definition) is 3. The highest BCUT2D eigenvalue weighted by Gasteiger charge is 2.29. The Morgan fingerprint density at radius 1 is 0.966 bits per heavy atom. The van der Waals surface area contributed by atoms with Gasteiger partial charge in [0.1, 0.15) is 6.04 Å². The first-order valence-electron chi connectivity index (χ1n) is 10.4. The van der Waals surface area contributed by atoms with Crippen LogP contribution in [0.25, 0.3) is 0 Å². The van der Waals surface area contributed by atoms with Gasteiger partial charge in [-0.2, -0.15) is 0 Å². The number of nitrogens with one attached hydrogen (secondary N) is 1. The second-order valence-electron chi connectivity index (χ2n) is 6.91. The molecule has 0 fully saturated rings. The summed E-state index contributed by atoms with van der Waals surface area (Å²) < 4.78 is 5.34. The highest BCUT2D eigenvalue weighted by atomic mass is 16.5. The predicted octanol–water partition coefficient (Wildman–Crippen LogP) is 3.58. The van der Waals surface area contributed by atoms with Gasteiger partial charge in [-0.3, -0.25) is 9.59 Å². The maximum atomic E-state index is 13.1. The number of benzene rings is 2. The summed E-state index contributed by atoms with van der Waals surface area (Å²) in [6, 6.07) is 19.1. The number of nitrogens with zero attached hydrogens (tertiary/aromatic N) is 1. The third-order valence-corrected chi connectivity index (χ3v) is 4.74. The van der Waals surface area contributed by atoms with Crippen LogP contribution in [0.3, 0.4) is 0 Å². The fourth-order valence-corrected chi connectivity index (χ4v) is 3.19. The minimum atomic E-state index is -0.558. The SMILES string of the molecule is CCOCCCNC(=O)C(Cc1ccccc1)N(Cc1ccccc1)C(=O)CC. The highest BCUT2D eigenvalue weighted by molar-refractivity contribution is 5.87. The van der Waals surface area contributed by atoms with Gasteiger partial charge in [0.05, 0.1) is 0 Å². The summed E-state index contributed by atoms with van der Waals surface area (Å²) in [5.41, 5.74) is 2.04. The van der Waals surface area contributed by atoms with Gasteiger partial charge >= 0.3 is 0 Å². The first kappa shape index (κ1) is 22.6. The largest absolute Gasteiger partial charge is 0.382 e. The van der Waals surface area contributed by atoms with Crippen molar-refractivity contribution >= 4 is 11.8 Å². The molecule has 1 N–H and O–H groups in total. The summed E-state index contributed by atoms with van der Waals surface area (Å²) in [6.07, 6.45) is 1.59. The predicted molar refractivity (Wildman–Crippen MR) is 115 cm³/mol. The summed E-state index contributed by atoms with van der Waals surface area (Å²) in [5, 5.41) is 2.99. The van der Waals surface area contributed by atoms with E-state index in [2.05, 4.69) is 5.32 Å². The van der Waals surface area contributed by atoms with Crippen LogP contribution < -0.4 is 5.32 Å². The van der Waals surface area contributed by atoms with E-state index in [-0.39, 0.29) is 11.8 Å². The molecule has 0 heterocycles. The van der Waals surface area contributed by atoms with Crippen LogP contribution in [0.1, 0.15) is 37.8 Å². The van der Waals surface area contributed by atoms with Gasteiger partial charge in [-0.05, 0) is 24.5 Å². The van der Waals surface area contributed by atoms with Gasteiger partial charge < -0.3 is 15.0 Å². The van der Waals surface area contributed by atoms with Crippen molar-refractivity contribution in [1.29, 1.82) is 0 Å². The summed E-state index contributed by atoms with van der Waals surface area (Å²) in [6.45, 7) is 6.01. The third-order valence-electron chi connectivity index (χ3n) is 4.74. The van der Waals surface area contributed by atoms with Crippen molar-refractivity contribution in [3.63, 3.8) is 0 Å². The minimum absolute atomic E-state index is 0.0285. The lowest BCUT2D eigenvalue weighted by molar-refractivity contribution is -0.141. The fourth-order valence-electron chi connectivity index (χ4n) is 3.19. The van der Waals surface area contributed by atoms with E-state index < -0.39 is 6.04 Å². The van der Waals surface area contributed by atoms with E-state index in [0.717, 1.165) is 17.5 Å². The van der Waals surface area contributed by atoms with E-state index in [0.29, 0.717) is 39.1 Å². The molecule has 29 heavy (non-hydrogen) atoms. The maximum Gasteiger partial charge on any atom is 0.243 e. The molecule has 2 aromatic rings. The van der Waals surface area contributed by atoms with Gasteiger partial charge in [0.15, 0.2) is 0 Å². The lowest BCUT2D eigenvalue weighted by Crippen LogP contribution is -2.50. The van der Waals surface area contributed by atoms with E-state index in [1.54, 1.807) is 4.90 Å². The molecule has 1 unspecified atom stereocenters. The smallest absolute Gasteiger partial charge is 0.243 e. The van der Waals surface area contributed by atoms with E-state index in [9.17, 15) is 9.59 Å². The summed E-state index contributed by atoms with van der Waals surface area (Å²) in [5.74, 6) is -0.151. The summed E-state index contributed by atoms with van der Waals surface area (Å²) in [4.78, 5) is 27.6. The molecule has 5 heteroatoms. The normalized spacial score (nSPS) is 11.7.